The molecule has 2 aliphatic heterocycles. The van der Waals surface area contributed by atoms with Crippen LogP contribution in [0.3, 0.4) is 0 Å². The van der Waals surface area contributed by atoms with Crippen LogP contribution in [-0.4, -0.2) is 6.10 Å². The number of anilines is 1. The average molecular weight is 361 g/mol. The minimum atomic E-state index is -4.35. The van der Waals surface area contributed by atoms with Gasteiger partial charge in [0.05, 0.1) is 23.8 Å². The molecule has 1 saturated heterocycles. The van der Waals surface area contributed by atoms with Gasteiger partial charge in [-0.15, -0.1) is 0 Å². The quantitative estimate of drug-likeness (QED) is 0.696. The first kappa shape index (κ1) is 17.4. The zero-order valence-corrected chi connectivity index (χ0v) is 14.6. The SMILES string of the molecule is CC[C@H]1CC[C@@H]2[C@H](O1)c1cc(C(F)(F)F)ccc1N[C@H]2c1ccccc1. The number of rotatable bonds is 2. The Labute approximate surface area is 151 Å². The maximum atomic E-state index is 13.2. The van der Waals surface area contributed by atoms with Gasteiger partial charge in [0.1, 0.15) is 0 Å². The summed E-state index contributed by atoms with van der Waals surface area (Å²) in [5.74, 6) is 0.121. The molecule has 0 unspecified atom stereocenters. The zero-order chi connectivity index (χ0) is 18.3. The van der Waals surface area contributed by atoms with Crippen LogP contribution in [-0.2, 0) is 10.9 Å². The smallest absolute Gasteiger partial charge is 0.378 e. The number of hydrogen-bond acceptors (Lipinski definition) is 2. The van der Waals surface area contributed by atoms with Crippen molar-refractivity contribution in [1.29, 1.82) is 0 Å². The van der Waals surface area contributed by atoms with E-state index in [0.29, 0.717) is 5.56 Å². The second-order valence-electron chi connectivity index (χ2n) is 7.16. The van der Waals surface area contributed by atoms with Crippen molar-refractivity contribution in [2.24, 2.45) is 5.92 Å². The number of benzene rings is 2. The van der Waals surface area contributed by atoms with Gasteiger partial charge in [-0.3, -0.25) is 0 Å². The first-order valence-corrected chi connectivity index (χ1v) is 9.15. The summed E-state index contributed by atoms with van der Waals surface area (Å²) in [6.45, 7) is 2.06. The molecule has 0 aromatic heterocycles. The Morgan fingerprint density at radius 1 is 1.08 bits per heavy atom. The molecule has 0 amide bonds. The number of ether oxygens (including phenoxy) is 1. The number of nitrogens with one attached hydrogen (secondary N) is 1. The first-order chi connectivity index (χ1) is 12.5. The van der Waals surface area contributed by atoms with Crippen LogP contribution in [0.15, 0.2) is 48.5 Å². The van der Waals surface area contributed by atoms with E-state index in [1.807, 2.05) is 18.2 Å². The molecule has 26 heavy (non-hydrogen) atoms. The molecule has 0 spiro atoms. The van der Waals surface area contributed by atoms with Gasteiger partial charge >= 0.3 is 6.18 Å². The van der Waals surface area contributed by atoms with Crippen molar-refractivity contribution in [3.05, 3.63) is 65.2 Å². The molecule has 2 aromatic rings. The van der Waals surface area contributed by atoms with E-state index in [1.165, 1.54) is 6.07 Å². The topological polar surface area (TPSA) is 21.3 Å². The second kappa shape index (κ2) is 6.62. The van der Waals surface area contributed by atoms with Crippen LogP contribution in [0.1, 0.15) is 55.0 Å². The summed E-state index contributed by atoms with van der Waals surface area (Å²) in [7, 11) is 0. The predicted molar refractivity (Wildman–Crippen MR) is 94.9 cm³/mol. The third-order valence-corrected chi connectivity index (χ3v) is 5.59. The molecule has 2 aliphatic rings. The molecule has 5 heteroatoms. The Balaban J connectivity index is 1.77. The maximum Gasteiger partial charge on any atom is 0.416 e. The Kier molecular flexibility index (Phi) is 4.43. The number of fused-ring (bicyclic) bond motifs is 3. The third-order valence-electron chi connectivity index (χ3n) is 5.59. The molecule has 0 aliphatic carbocycles. The van der Waals surface area contributed by atoms with E-state index < -0.39 is 11.7 Å². The number of halogens is 3. The number of alkyl halides is 3. The van der Waals surface area contributed by atoms with E-state index >= 15 is 0 Å². The Morgan fingerprint density at radius 3 is 2.54 bits per heavy atom. The van der Waals surface area contributed by atoms with Crippen LogP contribution < -0.4 is 5.32 Å². The highest BCUT2D eigenvalue weighted by molar-refractivity contribution is 5.58. The molecular weight excluding hydrogens is 339 g/mol. The highest BCUT2D eigenvalue weighted by atomic mass is 19.4. The Hall–Kier alpha value is -2.01. The van der Waals surface area contributed by atoms with Gasteiger partial charge in [0.25, 0.3) is 0 Å². The molecule has 0 bridgehead atoms. The minimum Gasteiger partial charge on any atom is -0.378 e. The van der Waals surface area contributed by atoms with Crippen LogP contribution in [0, 0.1) is 5.92 Å². The van der Waals surface area contributed by atoms with Gasteiger partial charge in [-0.1, -0.05) is 37.3 Å². The van der Waals surface area contributed by atoms with Gasteiger partial charge in [-0.05, 0) is 43.0 Å². The molecule has 4 rings (SSSR count). The fourth-order valence-electron chi connectivity index (χ4n) is 4.22. The van der Waals surface area contributed by atoms with Crippen LogP contribution in [0.25, 0.3) is 0 Å². The summed E-state index contributed by atoms with van der Waals surface area (Å²) in [4.78, 5) is 0. The van der Waals surface area contributed by atoms with Crippen molar-refractivity contribution in [2.45, 2.75) is 50.6 Å². The van der Waals surface area contributed by atoms with E-state index in [0.717, 1.165) is 36.6 Å². The zero-order valence-electron chi connectivity index (χ0n) is 14.6. The van der Waals surface area contributed by atoms with Gasteiger partial charge in [0.2, 0.25) is 0 Å². The summed E-state index contributed by atoms with van der Waals surface area (Å²) < 4.78 is 45.9. The molecule has 2 heterocycles. The van der Waals surface area contributed by atoms with Crippen LogP contribution in [0.5, 0.6) is 0 Å². The van der Waals surface area contributed by atoms with E-state index in [4.69, 9.17) is 4.74 Å². The molecular formula is C21H22F3NO. The van der Waals surface area contributed by atoms with Crippen molar-refractivity contribution in [2.75, 3.05) is 5.32 Å². The molecule has 1 N–H and O–H groups in total. The minimum absolute atomic E-state index is 0.0447. The van der Waals surface area contributed by atoms with Crippen LogP contribution in [0.4, 0.5) is 18.9 Å². The normalized spacial score (nSPS) is 28.0. The van der Waals surface area contributed by atoms with E-state index in [2.05, 4.69) is 24.4 Å². The molecule has 138 valence electrons. The van der Waals surface area contributed by atoms with Crippen LogP contribution >= 0.6 is 0 Å². The van der Waals surface area contributed by atoms with Crippen molar-refractivity contribution < 1.29 is 17.9 Å². The molecule has 0 saturated carbocycles. The summed E-state index contributed by atoms with van der Waals surface area (Å²) in [5.41, 5.74) is 1.91. The summed E-state index contributed by atoms with van der Waals surface area (Å²) in [6, 6.07) is 14.1. The van der Waals surface area contributed by atoms with Gasteiger partial charge in [-0.25, -0.2) is 0 Å². The van der Waals surface area contributed by atoms with Gasteiger partial charge in [0, 0.05) is 17.2 Å². The maximum absolute atomic E-state index is 13.2. The lowest BCUT2D eigenvalue weighted by Crippen LogP contribution is -2.39. The average Bonchev–Trinajstić information content (AvgIpc) is 2.66. The molecule has 4 atom stereocenters. The van der Waals surface area contributed by atoms with Crippen molar-refractivity contribution in [3.63, 3.8) is 0 Å². The second-order valence-corrected chi connectivity index (χ2v) is 7.16. The third kappa shape index (κ3) is 3.09. The molecule has 2 nitrogen and oxygen atoms in total. The van der Waals surface area contributed by atoms with Gasteiger partial charge in [-0.2, -0.15) is 13.2 Å². The Morgan fingerprint density at radius 2 is 1.85 bits per heavy atom. The van der Waals surface area contributed by atoms with Gasteiger partial charge in [0.15, 0.2) is 0 Å². The molecule has 1 fully saturated rings. The Bertz CT molecular complexity index is 775. The summed E-state index contributed by atoms with van der Waals surface area (Å²) >= 11 is 0. The van der Waals surface area contributed by atoms with Crippen molar-refractivity contribution in [3.8, 4) is 0 Å². The lowest BCUT2D eigenvalue weighted by atomic mass is 9.76. The fourth-order valence-corrected chi connectivity index (χ4v) is 4.22. The summed E-state index contributed by atoms with van der Waals surface area (Å²) in [5, 5.41) is 3.48. The fraction of sp³-hybridized carbons (Fsp3) is 0.429. The van der Waals surface area contributed by atoms with E-state index in [9.17, 15) is 13.2 Å². The molecule has 2 aromatic carbocycles. The van der Waals surface area contributed by atoms with Crippen molar-refractivity contribution in [1.82, 2.24) is 0 Å². The highest BCUT2D eigenvalue weighted by Gasteiger charge is 2.43. The van der Waals surface area contributed by atoms with E-state index in [-0.39, 0.29) is 24.2 Å². The number of hydrogen-bond donors (Lipinski definition) is 1. The lowest BCUT2D eigenvalue weighted by molar-refractivity contribution is -0.138. The summed E-state index contributed by atoms with van der Waals surface area (Å²) in [6.07, 6.45) is -1.80. The lowest BCUT2D eigenvalue weighted by Gasteiger charge is -2.45. The highest BCUT2D eigenvalue weighted by Crippen LogP contribution is 2.51. The monoisotopic (exact) mass is 361 g/mol. The standard InChI is InChI=1S/C21H22F3NO/c1-2-15-9-10-16-19(13-6-4-3-5-7-13)25-18-11-8-14(21(22,23)24)12-17(18)20(16)26-15/h3-8,11-12,15-16,19-20,25H,2,9-10H2,1H3/t15-,16-,19-,20-/m0/s1. The van der Waals surface area contributed by atoms with Crippen LogP contribution in [0.2, 0.25) is 0 Å². The van der Waals surface area contributed by atoms with E-state index in [1.54, 1.807) is 6.07 Å². The van der Waals surface area contributed by atoms with Gasteiger partial charge < -0.3 is 10.1 Å². The first-order valence-electron chi connectivity index (χ1n) is 9.15. The molecule has 0 radical (unpaired) electrons. The van der Waals surface area contributed by atoms with Crippen molar-refractivity contribution >= 4 is 5.69 Å². The predicted octanol–water partition coefficient (Wildman–Crippen LogP) is 6.12. The largest absolute Gasteiger partial charge is 0.416 e.